The summed E-state index contributed by atoms with van der Waals surface area (Å²) in [4.78, 5) is 0.353. The van der Waals surface area contributed by atoms with Crippen molar-refractivity contribution in [3.8, 4) is 0 Å². The lowest BCUT2D eigenvalue weighted by Crippen LogP contribution is -2.25. The maximum Gasteiger partial charge on any atom is 0.240 e. The maximum absolute atomic E-state index is 12.3. The molecule has 1 aromatic carbocycles. The lowest BCUT2D eigenvalue weighted by Gasteiger charge is -2.11. The van der Waals surface area contributed by atoms with Gasteiger partial charge in [-0.05, 0) is 61.6 Å². The van der Waals surface area contributed by atoms with Crippen LogP contribution in [-0.2, 0) is 16.6 Å². The van der Waals surface area contributed by atoms with E-state index in [0.29, 0.717) is 18.0 Å². The molecule has 0 heterocycles. The zero-order valence-corrected chi connectivity index (χ0v) is 14.7. The first-order valence-electron chi connectivity index (χ1n) is 7.30. The number of unbranched alkanes of at least 4 members (excludes halogenated alkanes) is 1. The second-order valence-electron chi connectivity index (χ2n) is 4.97. The van der Waals surface area contributed by atoms with Crippen LogP contribution in [0.3, 0.4) is 0 Å². The molecule has 0 atom stereocenters. The first-order chi connectivity index (χ1) is 10.0. The van der Waals surface area contributed by atoms with E-state index in [4.69, 9.17) is 0 Å². The molecule has 2 N–H and O–H groups in total. The summed E-state index contributed by atoms with van der Waals surface area (Å²) in [5.41, 5.74) is 2.14. The van der Waals surface area contributed by atoms with Crippen LogP contribution in [0.4, 0.5) is 0 Å². The number of rotatable bonds is 10. The number of sulfonamides is 1. The Kier molecular flexibility index (Phi) is 8.33. The predicted molar refractivity (Wildman–Crippen MR) is 91.4 cm³/mol. The van der Waals surface area contributed by atoms with Crippen LogP contribution in [-0.4, -0.2) is 33.5 Å². The summed E-state index contributed by atoms with van der Waals surface area (Å²) in [6.07, 6.45) is 3.96. The van der Waals surface area contributed by atoms with Gasteiger partial charge in [0.25, 0.3) is 0 Å². The van der Waals surface area contributed by atoms with Crippen molar-refractivity contribution in [3.05, 3.63) is 29.3 Å². The molecule has 0 fully saturated rings. The van der Waals surface area contributed by atoms with Gasteiger partial charge in [0.15, 0.2) is 0 Å². The average molecular weight is 331 g/mol. The highest BCUT2D eigenvalue weighted by Gasteiger charge is 2.14. The molecule has 0 aromatic heterocycles. The Morgan fingerprint density at radius 1 is 1.24 bits per heavy atom. The number of hydrogen-bond donors (Lipinski definition) is 2. The Morgan fingerprint density at radius 2 is 2.00 bits per heavy atom. The molecule has 1 rings (SSSR count). The van der Waals surface area contributed by atoms with Gasteiger partial charge in [-0.2, -0.15) is 11.8 Å². The van der Waals surface area contributed by atoms with Gasteiger partial charge in [-0.3, -0.25) is 0 Å². The van der Waals surface area contributed by atoms with Crippen LogP contribution in [0.2, 0.25) is 0 Å². The normalized spacial score (nSPS) is 11.8. The molecule has 21 heavy (non-hydrogen) atoms. The minimum Gasteiger partial charge on any atom is -0.313 e. The second-order valence-corrected chi connectivity index (χ2v) is 7.72. The van der Waals surface area contributed by atoms with Crippen molar-refractivity contribution < 1.29 is 8.42 Å². The van der Waals surface area contributed by atoms with Gasteiger partial charge in [-0.25, -0.2) is 13.1 Å². The summed E-state index contributed by atoms with van der Waals surface area (Å²) < 4.78 is 27.2. The Bertz CT molecular complexity index is 530. The van der Waals surface area contributed by atoms with Crippen molar-refractivity contribution in [2.45, 2.75) is 38.1 Å². The molecule has 0 aliphatic carbocycles. The van der Waals surface area contributed by atoms with E-state index in [1.54, 1.807) is 23.9 Å². The third kappa shape index (κ3) is 6.38. The van der Waals surface area contributed by atoms with Gasteiger partial charge in [0.1, 0.15) is 0 Å². The summed E-state index contributed by atoms with van der Waals surface area (Å²) in [5, 5.41) is 3.23. The van der Waals surface area contributed by atoms with E-state index in [2.05, 4.69) is 16.3 Å². The van der Waals surface area contributed by atoms with Crippen LogP contribution in [0, 0.1) is 6.92 Å². The van der Waals surface area contributed by atoms with Crippen LogP contribution in [0.1, 0.15) is 30.9 Å². The molecule has 120 valence electrons. The number of nitrogens with one attached hydrogen (secondary N) is 2. The summed E-state index contributed by atoms with van der Waals surface area (Å²) in [6.45, 7) is 6.09. The third-order valence-corrected chi connectivity index (χ3v) is 5.42. The van der Waals surface area contributed by atoms with E-state index in [1.807, 2.05) is 19.9 Å². The molecule has 6 heteroatoms. The summed E-state index contributed by atoms with van der Waals surface area (Å²) in [5.74, 6) is 1.07. The molecule has 0 amide bonds. The average Bonchev–Trinajstić information content (AvgIpc) is 2.46. The topological polar surface area (TPSA) is 58.2 Å². The van der Waals surface area contributed by atoms with E-state index in [-0.39, 0.29) is 0 Å². The number of hydrogen-bond acceptors (Lipinski definition) is 4. The van der Waals surface area contributed by atoms with Crippen molar-refractivity contribution in [2.75, 3.05) is 25.1 Å². The number of thioether (sulfide) groups is 1. The standard InChI is InChI=1S/C15H26N2O2S2/c1-4-16-12-14-11-15(8-7-13(14)2)21(18,19)17-9-5-6-10-20-3/h7-8,11,16-17H,4-6,9-10,12H2,1-3H3. The van der Waals surface area contributed by atoms with E-state index in [0.717, 1.165) is 36.3 Å². The highest BCUT2D eigenvalue weighted by molar-refractivity contribution is 7.98. The van der Waals surface area contributed by atoms with E-state index < -0.39 is 10.0 Å². The Morgan fingerprint density at radius 3 is 2.67 bits per heavy atom. The summed E-state index contributed by atoms with van der Waals surface area (Å²) in [6, 6.07) is 5.31. The molecule has 1 aromatic rings. The van der Waals surface area contributed by atoms with Gasteiger partial charge in [-0.1, -0.05) is 13.0 Å². The largest absolute Gasteiger partial charge is 0.313 e. The van der Waals surface area contributed by atoms with Gasteiger partial charge < -0.3 is 5.32 Å². The van der Waals surface area contributed by atoms with Gasteiger partial charge >= 0.3 is 0 Å². The molecule has 0 bridgehead atoms. The molecule has 0 radical (unpaired) electrons. The minimum atomic E-state index is -3.40. The zero-order chi connectivity index (χ0) is 15.7. The van der Waals surface area contributed by atoms with Crippen LogP contribution in [0.15, 0.2) is 23.1 Å². The molecule has 0 unspecified atom stereocenters. The molecule has 0 saturated heterocycles. The lowest BCUT2D eigenvalue weighted by molar-refractivity contribution is 0.578. The first-order valence-corrected chi connectivity index (χ1v) is 10.2. The van der Waals surface area contributed by atoms with Crippen LogP contribution >= 0.6 is 11.8 Å². The van der Waals surface area contributed by atoms with Crippen molar-refractivity contribution in [3.63, 3.8) is 0 Å². The number of benzene rings is 1. The van der Waals surface area contributed by atoms with Crippen LogP contribution in [0.5, 0.6) is 0 Å². The Balaban J connectivity index is 2.69. The van der Waals surface area contributed by atoms with Crippen LogP contribution < -0.4 is 10.0 Å². The van der Waals surface area contributed by atoms with Crippen molar-refractivity contribution in [2.24, 2.45) is 0 Å². The fraction of sp³-hybridized carbons (Fsp3) is 0.600. The number of aryl methyl sites for hydroxylation is 1. The smallest absolute Gasteiger partial charge is 0.240 e. The van der Waals surface area contributed by atoms with Crippen molar-refractivity contribution in [1.82, 2.24) is 10.0 Å². The molecular formula is C15H26N2O2S2. The summed E-state index contributed by atoms with van der Waals surface area (Å²) in [7, 11) is -3.40. The fourth-order valence-corrected chi connectivity index (χ4v) is 3.54. The SMILES string of the molecule is CCNCc1cc(S(=O)(=O)NCCCCSC)ccc1C. The van der Waals surface area contributed by atoms with Crippen LogP contribution in [0.25, 0.3) is 0 Å². The molecule has 4 nitrogen and oxygen atoms in total. The minimum absolute atomic E-state index is 0.353. The zero-order valence-electron chi connectivity index (χ0n) is 13.1. The second kappa shape index (κ2) is 9.46. The van der Waals surface area contributed by atoms with Crippen molar-refractivity contribution >= 4 is 21.8 Å². The quantitative estimate of drug-likeness (QED) is 0.647. The van der Waals surface area contributed by atoms with E-state index >= 15 is 0 Å². The van der Waals surface area contributed by atoms with Gasteiger partial charge in [0, 0.05) is 13.1 Å². The van der Waals surface area contributed by atoms with Gasteiger partial charge in [0.05, 0.1) is 4.90 Å². The van der Waals surface area contributed by atoms with E-state index in [9.17, 15) is 8.42 Å². The lowest BCUT2D eigenvalue weighted by atomic mass is 10.1. The fourth-order valence-electron chi connectivity index (χ4n) is 1.93. The molecule has 0 aliphatic heterocycles. The Hall–Kier alpha value is -0.560. The Labute approximate surface area is 133 Å². The maximum atomic E-state index is 12.3. The highest BCUT2D eigenvalue weighted by Crippen LogP contribution is 2.15. The molecular weight excluding hydrogens is 304 g/mol. The third-order valence-electron chi connectivity index (χ3n) is 3.26. The van der Waals surface area contributed by atoms with E-state index in [1.165, 1.54) is 0 Å². The predicted octanol–water partition coefficient (Wildman–Crippen LogP) is 2.53. The van der Waals surface area contributed by atoms with Gasteiger partial charge in [-0.15, -0.1) is 0 Å². The molecule has 0 aliphatic rings. The van der Waals surface area contributed by atoms with Gasteiger partial charge in [0.2, 0.25) is 10.0 Å². The summed E-state index contributed by atoms with van der Waals surface area (Å²) >= 11 is 1.78. The monoisotopic (exact) mass is 330 g/mol. The highest BCUT2D eigenvalue weighted by atomic mass is 32.2. The molecule has 0 spiro atoms. The molecule has 0 saturated carbocycles. The van der Waals surface area contributed by atoms with Crippen molar-refractivity contribution in [1.29, 1.82) is 0 Å². The first kappa shape index (κ1) is 18.5.